The van der Waals surface area contributed by atoms with Crippen LogP contribution in [-0.2, 0) is 28.6 Å². The molecule has 0 fully saturated rings. The first-order chi connectivity index (χ1) is 39.0. The molecule has 0 aromatic carbocycles. The van der Waals surface area contributed by atoms with E-state index in [9.17, 15) is 14.4 Å². The van der Waals surface area contributed by atoms with Crippen LogP contribution in [0, 0.1) is 0 Å². The van der Waals surface area contributed by atoms with E-state index in [1.807, 2.05) is 0 Å². The molecule has 6 heteroatoms. The van der Waals surface area contributed by atoms with Crippen LogP contribution in [0.3, 0.4) is 0 Å². The van der Waals surface area contributed by atoms with Gasteiger partial charge in [0.1, 0.15) is 13.2 Å². The summed E-state index contributed by atoms with van der Waals surface area (Å²) >= 11 is 0. The first kappa shape index (κ1) is 77.4. The normalized spacial score (nSPS) is 11.9. The molecular weight excluding hydrogens is 973 g/mol. The highest BCUT2D eigenvalue weighted by Gasteiger charge is 2.20. The fraction of sp³-hybridized carbons (Fsp3) is 0.959. The second kappa shape index (κ2) is 68.9. The molecule has 6 nitrogen and oxygen atoms in total. The standard InChI is InChI=1S/C73H142O6/c1-4-7-10-13-16-19-22-24-26-28-30-32-34-35-36-37-39-40-42-44-46-48-51-54-57-60-63-66-72(75)78-69-70(68-77-71(74)65-62-59-56-53-50-21-18-15-12-9-6-3)79-73(76)67-64-61-58-55-52-49-47-45-43-41-38-33-31-29-27-25-23-20-17-14-11-8-5-2/h70H,4-69H2,1-3H3. The molecule has 0 spiro atoms. The molecule has 0 aromatic heterocycles. The minimum atomic E-state index is -0.763. The third kappa shape index (κ3) is 67.1. The molecule has 1 atom stereocenters. The van der Waals surface area contributed by atoms with Crippen LogP contribution in [0.2, 0.25) is 0 Å². The molecular formula is C73H142O6. The Balaban J connectivity index is 4.11. The van der Waals surface area contributed by atoms with Gasteiger partial charge < -0.3 is 14.2 Å². The molecule has 1 unspecified atom stereocenters. The van der Waals surface area contributed by atoms with E-state index in [1.54, 1.807) is 0 Å². The lowest BCUT2D eigenvalue weighted by Crippen LogP contribution is -2.30. The van der Waals surface area contributed by atoms with E-state index in [0.717, 1.165) is 57.8 Å². The fourth-order valence-electron chi connectivity index (χ4n) is 11.6. The van der Waals surface area contributed by atoms with Gasteiger partial charge in [-0.25, -0.2) is 0 Å². The summed E-state index contributed by atoms with van der Waals surface area (Å²) in [6.45, 7) is 6.74. The van der Waals surface area contributed by atoms with Crippen LogP contribution in [0.25, 0.3) is 0 Å². The van der Waals surface area contributed by atoms with Crippen molar-refractivity contribution in [3.8, 4) is 0 Å². The summed E-state index contributed by atoms with van der Waals surface area (Å²) in [4.78, 5) is 38.4. The van der Waals surface area contributed by atoms with E-state index in [0.29, 0.717) is 19.3 Å². The van der Waals surface area contributed by atoms with E-state index >= 15 is 0 Å². The van der Waals surface area contributed by atoms with Crippen molar-refractivity contribution in [2.75, 3.05) is 13.2 Å². The van der Waals surface area contributed by atoms with Gasteiger partial charge in [-0.3, -0.25) is 14.4 Å². The first-order valence-corrected chi connectivity index (χ1v) is 36.5. The predicted octanol–water partition coefficient (Wildman–Crippen LogP) is 25.0. The highest BCUT2D eigenvalue weighted by molar-refractivity contribution is 5.71. The van der Waals surface area contributed by atoms with Crippen LogP contribution in [-0.4, -0.2) is 37.2 Å². The summed E-state index contributed by atoms with van der Waals surface area (Å²) in [7, 11) is 0. The largest absolute Gasteiger partial charge is 0.462 e. The maximum Gasteiger partial charge on any atom is 0.306 e. The van der Waals surface area contributed by atoms with E-state index in [1.165, 1.54) is 334 Å². The minimum Gasteiger partial charge on any atom is -0.462 e. The molecule has 0 N–H and O–H groups in total. The number of esters is 3. The highest BCUT2D eigenvalue weighted by Crippen LogP contribution is 2.20. The molecule has 0 aliphatic carbocycles. The molecule has 0 saturated heterocycles. The third-order valence-electron chi connectivity index (χ3n) is 17.1. The van der Waals surface area contributed by atoms with Crippen LogP contribution in [0.5, 0.6) is 0 Å². The second-order valence-corrected chi connectivity index (χ2v) is 25.2. The van der Waals surface area contributed by atoms with Crippen LogP contribution in [0.15, 0.2) is 0 Å². The molecule has 0 rings (SSSR count). The SMILES string of the molecule is CCCCCCCCCCCCCCCCCCCCCCCCCCCCCC(=O)OCC(COC(=O)CCCCCCCCCCCCC)OC(=O)CCCCCCCCCCCCCCCCCCCCCCCCC. The fourth-order valence-corrected chi connectivity index (χ4v) is 11.6. The Morgan fingerprint density at radius 1 is 0.203 bits per heavy atom. The van der Waals surface area contributed by atoms with Gasteiger partial charge >= 0.3 is 17.9 Å². The van der Waals surface area contributed by atoms with E-state index < -0.39 is 6.10 Å². The Bertz CT molecular complexity index is 1190. The molecule has 0 bridgehead atoms. The first-order valence-electron chi connectivity index (χ1n) is 36.5. The number of rotatable bonds is 69. The van der Waals surface area contributed by atoms with Gasteiger partial charge in [0.25, 0.3) is 0 Å². The van der Waals surface area contributed by atoms with E-state index in [4.69, 9.17) is 14.2 Å². The molecule has 0 aromatic rings. The van der Waals surface area contributed by atoms with Crippen molar-refractivity contribution < 1.29 is 28.6 Å². The van der Waals surface area contributed by atoms with Crippen molar-refractivity contribution in [2.45, 2.75) is 438 Å². The lowest BCUT2D eigenvalue weighted by molar-refractivity contribution is -0.167. The molecule has 470 valence electrons. The lowest BCUT2D eigenvalue weighted by Gasteiger charge is -2.18. The third-order valence-corrected chi connectivity index (χ3v) is 17.1. The maximum atomic E-state index is 12.9. The molecule has 0 saturated carbocycles. The minimum absolute atomic E-state index is 0.0603. The van der Waals surface area contributed by atoms with E-state index in [2.05, 4.69) is 20.8 Å². The van der Waals surface area contributed by atoms with Gasteiger partial charge in [0.2, 0.25) is 0 Å². The lowest BCUT2D eigenvalue weighted by atomic mass is 10.0. The topological polar surface area (TPSA) is 78.9 Å². The summed E-state index contributed by atoms with van der Waals surface area (Å²) < 4.78 is 17.0. The summed E-state index contributed by atoms with van der Waals surface area (Å²) in [5, 5.41) is 0. The zero-order valence-electron chi connectivity index (χ0n) is 54.2. The molecule has 0 radical (unpaired) electrons. The second-order valence-electron chi connectivity index (χ2n) is 25.2. The molecule has 0 amide bonds. The van der Waals surface area contributed by atoms with Crippen molar-refractivity contribution >= 4 is 17.9 Å². The maximum absolute atomic E-state index is 12.9. The van der Waals surface area contributed by atoms with Crippen molar-refractivity contribution in [1.82, 2.24) is 0 Å². The Hall–Kier alpha value is -1.59. The molecule has 0 heterocycles. The van der Waals surface area contributed by atoms with Gasteiger partial charge in [0, 0.05) is 19.3 Å². The highest BCUT2D eigenvalue weighted by atomic mass is 16.6. The number of hydrogen-bond donors (Lipinski definition) is 0. The zero-order valence-corrected chi connectivity index (χ0v) is 54.2. The van der Waals surface area contributed by atoms with E-state index in [-0.39, 0.29) is 31.1 Å². The van der Waals surface area contributed by atoms with Crippen molar-refractivity contribution in [2.24, 2.45) is 0 Å². The number of carbonyl (C=O) groups is 3. The number of ether oxygens (including phenoxy) is 3. The number of unbranched alkanes of at least 4 members (excludes halogenated alkanes) is 58. The van der Waals surface area contributed by atoms with Crippen LogP contribution in [0.1, 0.15) is 432 Å². The number of carbonyl (C=O) groups excluding carboxylic acids is 3. The van der Waals surface area contributed by atoms with Crippen molar-refractivity contribution in [3.63, 3.8) is 0 Å². The molecule has 79 heavy (non-hydrogen) atoms. The zero-order chi connectivity index (χ0) is 57.1. The monoisotopic (exact) mass is 1120 g/mol. The molecule has 0 aliphatic rings. The predicted molar refractivity (Wildman–Crippen MR) is 344 cm³/mol. The summed E-state index contributed by atoms with van der Waals surface area (Å²) in [5.41, 5.74) is 0. The summed E-state index contributed by atoms with van der Waals surface area (Å²) in [5.74, 6) is -0.821. The Morgan fingerprint density at radius 3 is 0.506 bits per heavy atom. The van der Waals surface area contributed by atoms with Crippen molar-refractivity contribution in [3.05, 3.63) is 0 Å². The smallest absolute Gasteiger partial charge is 0.306 e. The average molecular weight is 1120 g/mol. The van der Waals surface area contributed by atoms with Crippen LogP contribution < -0.4 is 0 Å². The van der Waals surface area contributed by atoms with Gasteiger partial charge in [-0.1, -0.05) is 393 Å². The Morgan fingerprint density at radius 2 is 0.342 bits per heavy atom. The number of hydrogen-bond acceptors (Lipinski definition) is 6. The van der Waals surface area contributed by atoms with Crippen LogP contribution >= 0.6 is 0 Å². The van der Waals surface area contributed by atoms with Gasteiger partial charge in [-0.15, -0.1) is 0 Å². The van der Waals surface area contributed by atoms with Gasteiger partial charge in [-0.05, 0) is 19.3 Å². The quantitative estimate of drug-likeness (QED) is 0.0343. The summed E-state index contributed by atoms with van der Waals surface area (Å²) in [6, 6.07) is 0. The van der Waals surface area contributed by atoms with Gasteiger partial charge in [0.15, 0.2) is 6.10 Å². The van der Waals surface area contributed by atoms with Gasteiger partial charge in [0.05, 0.1) is 0 Å². The van der Waals surface area contributed by atoms with Gasteiger partial charge in [-0.2, -0.15) is 0 Å². The van der Waals surface area contributed by atoms with Crippen molar-refractivity contribution in [1.29, 1.82) is 0 Å². The Kier molecular flexibility index (Phi) is 67.5. The molecule has 0 aliphatic heterocycles. The average Bonchev–Trinajstić information content (AvgIpc) is 3.45. The Labute approximate surface area is 495 Å². The summed E-state index contributed by atoms with van der Waals surface area (Å²) in [6.07, 6.45) is 81.5. The van der Waals surface area contributed by atoms with Crippen LogP contribution in [0.4, 0.5) is 0 Å².